The minimum Gasteiger partial charge on any atom is -0.464 e. The molecule has 1 saturated heterocycles. The molecule has 6 atom stereocenters. The highest BCUT2D eigenvalue weighted by atomic mass is 32.1. The van der Waals surface area contributed by atoms with E-state index in [0.717, 1.165) is 25.8 Å². The Morgan fingerprint density at radius 3 is 2.47 bits per heavy atom. The van der Waals surface area contributed by atoms with Gasteiger partial charge in [-0.05, 0) is 38.6 Å². The predicted molar refractivity (Wildman–Crippen MR) is 126 cm³/mol. The van der Waals surface area contributed by atoms with E-state index < -0.39 is 5.54 Å². The molecule has 176 valence electrons. The van der Waals surface area contributed by atoms with E-state index in [-0.39, 0.29) is 35.9 Å². The molecule has 0 bridgehead atoms. The van der Waals surface area contributed by atoms with Gasteiger partial charge in [0.2, 0.25) is 5.91 Å². The van der Waals surface area contributed by atoms with E-state index in [9.17, 15) is 9.59 Å². The highest BCUT2D eigenvalue weighted by Crippen LogP contribution is 2.23. The van der Waals surface area contributed by atoms with Crippen LogP contribution in [-0.2, 0) is 14.3 Å². The number of nitrogens with one attached hydrogen (secondary N) is 2. The topological polar surface area (TPSA) is 96.7 Å². The van der Waals surface area contributed by atoms with Gasteiger partial charge in [0, 0.05) is 30.9 Å². The van der Waals surface area contributed by atoms with Gasteiger partial charge in [0.05, 0.1) is 12.6 Å². The molecule has 8 heteroatoms. The minimum absolute atomic E-state index is 0.00359. The molecule has 1 fully saturated rings. The molecule has 0 radical (unpaired) electrons. The van der Waals surface area contributed by atoms with Gasteiger partial charge in [0.15, 0.2) is 0 Å². The maximum Gasteiger partial charge on any atom is 0.331 e. The zero-order valence-electron chi connectivity index (χ0n) is 19.7. The lowest BCUT2D eigenvalue weighted by molar-refractivity contribution is -0.158. The van der Waals surface area contributed by atoms with E-state index in [1.165, 1.54) is 0 Å². The molecule has 0 spiro atoms. The average molecular weight is 445 g/mol. The van der Waals surface area contributed by atoms with Crippen LogP contribution in [0.2, 0.25) is 0 Å². The number of nitrogens with zero attached hydrogens (tertiary/aromatic N) is 1. The Bertz CT molecular complexity index is 550. The van der Waals surface area contributed by atoms with E-state index in [1.807, 2.05) is 7.05 Å². The summed E-state index contributed by atoms with van der Waals surface area (Å²) < 4.78 is 5.20. The third-order valence-electron chi connectivity index (χ3n) is 6.52. The number of cyclic esters (lactones) is 1. The fraction of sp³-hybridized carbons (Fsp3) is 0.909. The second kappa shape index (κ2) is 12.9. The van der Waals surface area contributed by atoms with Crippen LogP contribution < -0.4 is 16.4 Å². The van der Waals surface area contributed by atoms with Gasteiger partial charge >= 0.3 is 5.97 Å². The zero-order valence-corrected chi connectivity index (χ0v) is 20.6. The molecule has 0 aromatic rings. The number of nitrogens with two attached hydrogens (primary N) is 1. The summed E-state index contributed by atoms with van der Waals surface area (Å²) in [4.78, 5) is 27.7. The van der Waals surface area contributed by atoms with Crippen molar-refractivity contribution in [3.63, 3.8) is 0 Å². The summed E-state index contributed by atoms with van der Waals surface area (Å²) in [6.45, 7) is 12.2. The maximum absolute atomic E-state index is 13.3. The Hall–Kier alpha value is -0.830. The fourth-order valence-electron chi connectivity index (χ4n) is 3.95. The Balaban J connectivity index is 2.93. The molecular formula is C22H44N4O3S. The number of hydrogen-bond donors (Lipinski definition) is 4. The summed E-state index contributed by atoms with van der Waals surface area (Å²) in [5.41, 5.74) is 5.09. The molecule has 0 aliphatic carbocycles. The standard InChI is InChI=1S/C22H44N4O3S/c1-7-15(3)18(24-12-17(23)14-30)13-26(6)19(16(4)8-2)20(27)25-22(5)10-9-11-29-21(22)28/h15-19,24,30H,7-14,23H2,1-6H3,(H,25,27)/t15?,16-,17+,18?,19-,22-/m0/s1. The molecule has 0 saturated carbocycles. The van der Waals surface area contributed by atoms with Crippen LogP contribution in [0, 0.1) is 11.8 Å². The van der Waals surface area contributed by atoms with Gasteiger partial charge in [-0.15, -0.1) is 0 Å². The predicted octanol–water partition coefficient (Wildman–Crippen LogP) is 1.81. The van der Waals surface area contributed by atoms with Gasteiger partial charge < -0.3 is 21.1 Å². The molecule has 1 rings (SSSR count). The minimum atomic E-state index is -0.949. The summed E-state index contributed by atoms with van der Waals surface area (Å²) in [5, 5.41) is 6.59. The van der Waals surface area contributed by atoms with Crippen molar-refractivity contribution in [1.82, 2.24) is 15.5 Å². The molecular weight excluding hydrogens is 400 g/mol. The number of hydrogen-bond acceptors (Lipinski definition) is 7. The number of carbonyl (C=O) groups excluding carboxylic acids is 2. The zero-order chi connectivity index (χ0) is 22.9. The van der Waals surface area contributed by atoms with Gasteiger partial charge in [0.25, 0.3) is 0 Å². The summed E-state index contributed by atoms with van der Waals surface area (Å²) in [7, 11) is 1.99. The van der Waals surface area contributed by atoms with E-state index in [0.29, 0.717) is 31.2 Å². The lowest BCUT2D eigenvalue weighted by Gasteiger charge is -2.39. The van der Waals surface area contributed by atoms with Crippen LogP contribution in [0.5, 0.6) is 0 Å². The SMILES string of the molecule is CCC(C)C(CN(C)[C@H](C(=O)N[C@@]1(C)CCCOC1=O)[C@@H](C)CC)NC[C@@H](N)CS. The largest absolute Gasteiger partial charge is 0.464 e. The van der Waals surface area contributed by atoms with Crippen molar-refractivity contribution in [3.8, 4) is 0 Å². The number of rotatable bonds is 13. The molecule has 1 amide bonds. The highest BCUT2D eigenvalue weighted by molar-refractivity contribution is 7.80. The summed E-state index contributed by atoms with van der Waals surface area (Å²) >= 11 is 4.27. The average Bonchev–Trinajstić information content (AvgIpc) is 2.72. The Labute approximate surface area is 188 Å². The normalized spacial score (nSPS) is 24.6. The first-order valence-corrected chi connectivity index (χ1v) is 12.0. The molecule has 30 heavy (non-hydrogen) atoms. The van der Waals surface area contributed by atoms with Crippen molar-refractivity contribution < 1.29 is 14.3 Å². The van der Waals surface area contributed by atoms with Crippen molar-refractivity contribution in [1.29, 1.82) is 0 Å². The van der Waals surface area contributed by atoms with Crippen LogP contribution in [0.1, 0.15) is 60.3 Å². The molecule has 1 heterocycles. The number of likely N-dealkylation sites (N-methyl/N-ethyl adjacent to an activating group) is 1. The lowest BCUT2D eigenvalue weighted by Crippen LogP contribution is -2.61. The molecule has 2 unspecified atom stereocenters. The molecule has 1 aliphatic heterocycles. The first-order chi connectivity index (χ1) is 14.1. The number of thiol groups is 1. The monoisotopic (exact) mass is 444 g/mol. The third-order valence-corrected chi connectivity index (χ3v) is 6.99. The number of carbonyl (C=O) groups is 2. The van der Waals surface area contributed by atoms with Crippen molar-refractivity contribution in [2.24, 2.45) is 17.6 Å². The van der Waals surface area contributed by atoms with Crippen molar-refractivity contribution in [2.75, 3.05) is 32.5 Å². The molecule has 4 N–H and O–H groups in total. The quantitative estimate of drug-likeness (QED) is 0.256. The Morgan fingerprint density at radius 2 is 1.93 bits per heavy atom. The second-order valence-corrected chi connectivity index (χ2v) is 9.54. The Morgan fingerprint density at radius 1 is 1.30 bits per heavy atom. The number of esters is 1. The van der Waals surface area contributed by atoms with Crippen molar-refractivity contribution in [2.45, 2.75) is 84.0 Å². The van der Waals surface area contributed by atoms with E-state index in [4.69, 9.17) is 10.5 Å². The summed E-state index contributed by atoms with van der Waals surface area (Å²) in [6, 6.07) is -0.120. The van der Waals surface area contributed by atoms with Gasteiger partial charge in [-0.25, -0.2) is 4.79 Å². The first-order valence-electron chi connectivity index (χ1n) is 11.4. The second-order valence-electron chi connectivity index (χ2n) is 9.17. The molecule has 1 aliphatic rings. The van der Waals surface area contributed by atoms with Gasteiger partial charge in [-0.1, -0.05) is 40.5 Å². The molecule has 0 aromatic carbocycles. The first kappa shape index (κ1) is 27.2. The molecule has 0 aromatic heterocycles. The van der Waals surface area contributed by atoms with Gasteiger partial charge in [-0.3, -0.25) is 9.69 Å². The van der Waals surface area contributed by atoms with Gasteiger partial charge in [-0.2, -0.15) is 12.6 Å². The van der Waals surface area contributed by atoms with Crippen LogP contribution >= 0.6 is 12.6 Å². The van der Waals surface area contributed by atoms with E-state index in [1.54, 1.807) is 6.92 Å². The number of amides is 1. The van der Waals surface area contributed by atoms with Crippen molar-refractivity contribution >= 4 is 24.5 Å². The maximum atomic E-state index is 13.3. The smallest absolute Gasteiger partial charge is 0.331 e. The molecule has 7 nitrogen and oxygen atoms in total. The Kier molecular flexibility index (Phi) is 11.7. The van der Waals surface area contributed by atoms with E-state index in [2.05, 4.69) is 55.9 Å². The van der Waals surface area contributed by atoms with Crippen LogP contribution in [0.15, 0.2) is 0 Å². The van der Waals surface area contributed by atoms with Gasteiger partial charge in [0.1, 0.15) is 5.54 Å². The lowest BCUT2D eigenvalue weighted by atomic mass is 9.90. The third kappa shape index (κ3) is 7.70. The highest BCUT2D eigenvalue weighted by Gasteiger charge is 2.41. The van der Waals surface area contributed by atoms with Crippen molar-refractivity contribution in [3.05, 3.63) is 0 Å². The van der Waals surface area contributed by atoms with Crippen LogP contribution in [0.4, 0.5) is 0 Å². The van der Waals surface area contributed by atoms with Crippen LogP contribution in [0.25, 0.3) is 0 Å². The fourth-order valence-corrected chi connectivity index (χ4v) is 4.08. The number of ether oxygens (including phenoxy) is 1. The summed E-state index contributed by atoms with van der Waals surface area (Å²) in [5.74, 6) is 0.764. The van der Waals surface area contributed by atoms with E-state index >= 15 is 0 Å². The van der Waals surface area contributed by atoms with Crippen LogP contribution in [0.3, 0.4) is 0 Å². The van der Waals surface area contributed by atoms with Crippen LogP contribution in [-0.4, -0.2) is 72.9 Å². The summed E-state index contributed by atoms with van der Waals surface area (Å²) in [6.07, 6.45) is 3.27.